The zero-order valence-electron chi connectivity index (χ0n) is 21.3. The van der Waals surface area contributed by atoms with E-state index in [-0.39, 0.29) is 48.6 Å². The number of hydrogen-bond donors (Lipinski definition) is 4. The van der Waals surface area contributed by atoms with E-state index in [1.54, 1.807) is 23.1 Å². The number of morpholine rings is 1. The number of ether oxygens (including phenoxy) is 2. The first kappa shape index (κ1) is 28.4. The van der Waals surface area contributed by atoms with E-state index in [4.69, 9.17) is 20.6 Å². The van der Waals surface area contributed by atoms with Crippen LogP contribution in [0.3, 0.4) is 0 Å². The number of halogens is 3. The SMILES string of the molecule is COCC(=O)N1CCO[C@@H](C(=N)c2ccnc(N)c2Nc2ccc(C(=O)Nc3cc(C(F)(F)F)ccn3)cc2)C1. The van der Waals surface area contributed by atoms with E-state index in [9.17, 15) is 22.8 Å². The van der Waals surface area contributed by atoms with Crippen LogP contribution in [0.2, 0.25) is 0 Å². The molecule has 1 saturated heterocycles. The van der Waals surface area contributed by atoms with Crippen LogP contribution in [0, 0.1) is 5.41 Å². The number of aromatic nitrogens is 2. The van der Waals surface area contributed by atoms with Gasteiger partial charge in [-0.1, -0.05) is 0 Å². The molecular weight excluding hydrogens is 531 g/mol. The van der Waals surface area contributed by atoms with Crippen molar-refractivity contribution in [1.29, 1.82) is 5.41 Å². The number of methoxy groups -OCH3 is 1. The fourth-order valence-corrected chi connectivity index (χ4v) is 3.99. The Hall–Kier alpha value is -4.56. The van der Waals surface area contributed by atoms with Gasteiger partial charge in [0.2, 0.25) is 5.91 Å². The number of carbonyl (C=O) groups excluding carboxylic acids is 2. The molecule has 1 aliphatic rings. The van der Waals surface area contributed by atoms with E-state index in [1.165, 1.54) is 25.4 Å². The molecule has 3 aromatic rings. The van der Waals surface area contributed by atoms with E-state index in [2.05, 4.69) is 20.6 Å². The lowest BCUT2D eigenvalue weighted by molar-refractivity contribution is -0.140. The van der Waals surface area contributed by atoms with E-state index in [1.807, 2.05) is 0 Å². The number of alkyl halides is 3. The van der Waals surface area contributed by atoms with Crippen LogP contribution < -0.4 is 16.4 Å². The monoisotopic (exact) mass is 557 g/mol. The lowest BCUT2D eigenvalue weighted by Gasteiger charge is -2.33. The van der Waals surface area contributed by atoms with Gasteiger partial charge in [0.1, 0.15) is 24.3 Å². The summed E-state index contributed by atoms with van der Waals surface area (Å²) in [6, 6.07) is 9.22. The molecule has 210 valence electrons. The smallest absolute Gasteiger partial charge is 0.382 e. The second-order valence-electron chi connectivity index (χ2n) is 8.75. The zero-order chi connectivity index (χ0) is 28.9. The third-order valence-electron chi connectivity index (χ3n) is 6.02. The minimum Gasteiger partial charge on any atom is -0.382 e. The number of carbonyl (C=O) groups is 2. The molecule has 11 nitrogen and oxygen atoms in total. The molecule has 2 amide bonds. The molecule has 4 rings (SSSR count). The normalized spacial score (nSPS) is 15.4. The molecule has 40 heavy (non-hydrogen) atoms. The lowest BCUT2D eigenvalue weighted by Crippen LogP contribution is -2.49. The topological polar surface area (TPSA) is 156 Å². The summed E-state index contributed by atoms with van der Waals surface area (Å²) >= 11 is 0. The maximum atomic E-state index is 12.9. The number of nitrogen functional groups attached to an aromatic ring is 1. The molecule has 1 fully saturated rings. The van der Waals surface area contributed by atoms with Gasteiger partial charge in [0.05, 0.1) is 30.1 Å². The fourth-order valence-electron chi connectivity index (χ4n) is 3.99. The molecule has 0 bridgehead atoms. The van der Waals surface area contributed by atoms with Crippen molar-refractivity contribution >= 4 is 40.5 Å². The molecular formula is C26H26F3N7O4. The van der Waals surface area contributed by atoms with Crippen LogP contribution in [0.5, 0.6) is 0 Å². The van der Waals surface area contributed by atoms with Crippen LogP contribution in [0.25, 0.3) is 0 Å². The summed E-state index contributed by atoms with van der Waals surface area (Å²) in [5.41, 5.74) is 6.70. The van der Waals surface area contributed by atoms with Crippen LogP contribution in [-0.2, 0) is 20.4 Å². The maximum absolute atomic E-state index is 12.9. The predicted molar refractivity (Wildman–Crippen MR) is 141 cm³/mol. The molecule has 14 heteroatoms. The lowest BCUT2D eigenvalue weighted by atomic mass is 10.0. The quantitative estimate of drug-likeness (QED) is 0.308. The summed E-state index contributed by atoms with van der Waals surface area (Å²) in [6.45, 7) is 0.747. The fraction of sp³-hybridized carbons (Fsp3) is 0.269. The Kier molecular flexibility index (Phi) is 8.60. The Morgan fingerprint density at radius 2 is 1.90 bits per heavy atom. The van der Waals surface area contributed by atoms with Crippen molar-refractivity contribution in [3.63, 3.8) is 0 Å². The summed E-state index contributed by atoms with van der Waals surface area (Å²) in [5.74, 6) is -0.976. The number of pyridine rings is 2. The molecule has 5 N–H and O–H groups in total. The van der Waals surface area contributed by atoms with Crippen molar-refractivity contribution in [2.75, 3.05) is 49.8 Å². The first-order valence-corrected chi connectivity index (χ1v) is 12.0. The van der Waals surface area contributed by atoms with Gasteiger partial charge in [0, 0.05) is 42.9 Å². The highest BCUT2D eigenvalue weighted by Crippen LogP contribution is 2.30. The minimum atomic E-state index is -4.57. The second-order valence-corrected chi connectivity index (χ2v) is 8.75. The third kappa shape index (κ3) is 6.71. The summed E-state index contributed by atoms with van der Waals surface area (Å²) in [7, 11) is 1.43. The first-order chi connectivity index (χ1) is 19.1. The second kappa shape index (κ2) is 12.1. The molecule has 0 radical (unpaired) electrons. The number of amides is 2. The van der Waals surface area contributed by atoms with Crippen molar-refractivity contribution in [1.82, 2.24) is 14.9 Å². The molecule has 0 aliphatic carbocycles. The van der Waals surface area contributed by atoms with Crippen molar-refractivity contribution in [2.24, 2.45) is 0 Å². The first-order valence-electron chi connectivity index (χ1n) is 12.0. The molecule has 1 atom stereocenters. The Balaban J connectivity index is 1.47. The Bertz CT molecular complexity index is 1400. The van der Waals surface area contributed by atoms with Gasteiger partial charge in [-0.3, -0.25) is 9.59 Å². The van der Waals surface area contributed by atoms with Gasteiger partial charge in [0.25, 0.3) is 5.91 Å². The van der Waals surface area contributed by atoms with Crippen molar-refractivity contribution in [3.05, 3.63) is 71.5 Å². The van der Waals surface area contributed by atoms with Gasteiger partial charge >= 0.3 is 6.18 Å². The predicted octanol–water partition coefficient (Wildman–Crippen LogP) is 3.32. The van der Waals surface area contributed by atoms with E-state index in [0.29, 0.717) is 23.5 Å². The van der Waals surface area contributed by atoms with Crippen molar-refractivity contribution in [3.8, 4) is 0 Å². The highest BCUT2D eigenvalue weighted by molar-refractivity contribution is 6.08. The summed E-state index contributed by atoms with van der Waals surface area (Å²) in [4.78, 5) is 34.3. The number of anilines is 4. The minimum absolute atomic E-state index is 0.0699. The van der Waals surface area contributed by atoms with Gasteiger partial charge < -0.3 is 36.2 Å². The van der Waals surface area contributed by atoms with Crippen LogP contribution in [0.1, 0.15) is 21.5 Å². The van der Waals surface area contributed by atoms with Gasteiger partial charge in [-0.05, 0) is 42.5 Å². The van der Waals surface area contributed by atoms with Crippen molar-refractivity contribution < 1.29 is 32.2 Å². The van der Waals surface area contributed by atoms with Crippen molar-refractivity contribution in [2.45, 2.75) is 12.3 Å². The van der Waals surface area contributed by atoms with Gasteiger partial charge in [-0.25, -0.2) is 9.97 Å². The number of benzene rings is 1. The average molecular weight is 558 g/mol. The Labute approximate surface area is 227 Å². The highest BCUT2D eigenvalue weighted by atomic mass is 19.4. The molecule has 0 spiro atoms. The molecule has 3 heterocycles. The number of hydrogen-bond acceptors (Lipinski definition) is 9. The van der Waals surface area contributed by atoms with Gasteiger partial charge in [-0.2, -0.15) is 13.2 Å². The number of nitrogens with two attached hydrogens (primary N) is 1. The van der Waals surface area contributed by atoms with E-state index in [0.717, 1.165) is 18.3 Å². The number of nitrogens with one attached hydrogen (secondary N) is 3. The Morgan fingerprint density at radius 3 is 2.60 bits per heavy atom. The molecule has 0 unspecified atom stereocenters. The van der Waals surface area contributed by atoms with Crippen LogP contribution in [-0.4, -0.2) is 71.9 Å². The van der Waals surface area contributed by atoms with Crippen LogP contribution in [0.15, 0.2) is 54.9 Å². The van der Waals surface area contributed by atoms with E-state index >= 15 is 0 Å². The molecule has 1 aromatic carbocycles. The van der Waals surface area contributed by atoms with Gasteiger partial charge in [0.15, 0.2) is 0 Å². The standard InChI is InChI=1S/C26H26F3N7O4/c1-39-14-21(37)36-10-11-40-19(13-36)22(30)18-7-9-33-24(31)23(18)34-17-4-2-15(3-5-17)25(38)35-20-12-16(6-8-32-20)26(27,28)29/h2-9,12,19,30,34H,10-11,13-14H2,1H3,(H2,31,33)(H,32,35,38)/t19-/m1/s1. The largest absolute Gasteiger partial charge is 0.416 e. The third-order valence-corrected chi connectivity index (χ3v) is 6.02. The summed E-state index contributed by atoms with van der Waals surface area (Å²) < 4.78 is 49.5. The van der Waals surface area contributed by atoms with Crippen LogP contribution >= 0.6 is 0 Å². The summed E-state index contributed by atoms with van der Waals surface area (Å²) in [5, 5.41) is 14.2. The van der Waals surface area contributed by atoms with Crippen LogP contribution in [0.4, 0.5) is 36.2 Å². The zero-order valence-corrected chi connectivity index (χ0v) is 21.3. The van der Waals surface area contributed by atoms with Gasteiger partial charge in [-0.15, -0.1) is 0 Å². The highest BCUT2D eigenvalue weighted by Gasteiger charge is 2.31. The molecule has 1 aliphatic heterocycles. The average Bonchev–Trinajstić information content (AvgIpc) is 2.94. The molecule has 0 saturated carbocycles. The summed E-state index contributed by atoms with van der Waals surface area (Å²) in [6.07, 6.45) is -2.85. The molecule has 2 aromatic heterocycles. The maximum Gasteiger partial charge on any atom is 0.416 e. The van der Waals surface area contributed by atoms with E-state index < -0.39 is 23.8 Å². The number of rotatable bonds is 8. The Morgan fingerprint density at radius 1 is 1.18 bits per heavy atom. The number of nitrogens with zero attached hydrogens (tertiary/aromatic N) is 3.